The molecule has 0 saturated carbocycles. The summed E-state index contributed by atoms with van der Waals surface area (Å²) in [6, 6.07) is 12.9. The summed E-state index contributed by atoms with van der Waals surface area (Å²) in [5.41, 5.74) is 2.17. The van der Waals surface area contributed by atoms with Gasteiger partial charge in [-0.2, -0.15) is 13.2 Å². The van der Waals surface area contributed by atoms with Crippen LogP contribution < -0.4 is 0 Å². The van der Waals surface area contributed by atoms with E-state index in [1.54, 1.807) is 12.3 Å². The van der Waals surface area contributed by atoms with Crippen molar-refractivity contribution >= 4 is 17.0 Å². The van der Waals surface area contributed by atoms with E-state index in [0.717, 1.165) is 17.0 Å². The molecule has 1 heterocycles. The molecule has 1 nitrogen and oxygen atoms in total. The Balaban J connectivity index is 2.27. The molecular formula is C19H14F3N. The molecule has 2 aromatic carbocycles. The normalized spacial score (nSPS) is 12.2. The van der Waals surface area contributed by atoms with E-state index in [1.807, 2.05) is 43.3 Å². The highest BCUT2D eigenvalue weighted by Crippen LogP contribution is 2.34. The van der Waals surface area contributed by atoms with Crippen LogP contribution in [0.2, 0.25) is 0 Å². The van der Waals surface area contributed by atoms with Crippen LogP contribution >= 0.6 is 0 Å². The van der Waals surface area contributed by atoms with Crippen molar-refractivity contribution in [1.82, 2.24) is 4.98 Å². The van der Waals surface area contributed by atoms with Gasteiger partial charge in [0.2, 0.25) is 0 Å². The quantitative estimate of drug-likeness (QED) is 0.569. The summed E-state index contributed by atoms with van der Waals surface area (Å²) >= 11 is 0. The monoisotopic (exact) mass is 313 g/mol. The van der Waals surface area contributed by atoms with Gasteiger partial charge in [-0.3, -0.25) is 4.98 Å². The largest absolute Gasteiger partial charge is 0.416 e. The van der Waals surface area contributed by atoms with Crippen molar-refractivity contribution in [1.29, 1.82) is 0 Å². The number of aromatic nitrogens is 1. The first kappa shape index (κ1) is 15.3. The number of rotatable bonds is 2. The average Bonchev–Trinajstić information content (AvgIpc) is 2.54. The Morgan fingerprint density at radius 2 is 1.83 bits per heavy atom. The summed E-state index contributed by atoms with van der Waals surface area (Å²) in [7, 11) is 0. The maximum absolute atomic E-state index is 13.0. The number of allylic oxidation sites excluding steroid dienone is 1. The Bertz CT molecular complexity index is 879. The maximum Gasteiger partial charge on any atom is 0.416 e. The van der Waals surface area contributed by atoms with Crippen LogP contribution in [0.3, 0.4) is 0 Å². The van der Waals surface area contributed by atoms with Crippen molar-refractivity contribution < 1.29 is 13.2 Å². The molecule has 0 aliphatic rings. The molecule has 0 amide bonds. The highest BCUT2D eigenvalue weighted by molar-refractivity contribution is 5.95. The molecule has 3 aromatic rings. The zero-order chi connectivity index (χ0) is 16.4. The SMILES string of the molecule is C/C=C/c1cc(-c2cccc(C(F)(F)F)c2)c2ncccc2c1. The molecule has 0 N–H and O–H groups in total. The van der Waals surface area contributed by atoms with Gasteiger partial charge in [-0.15, -0.1) is 0 Å². The Kier molecular flexibility index (Phi) is 3.90. The van der Waals surface area contributed by atoms with Crippen molar-refractivity contribution in [2.24, 2.45) is 0 Å². The lowest BCUT2D eigenvalue weighted by atomic mass is 9.97. The van der Waals surface area contributed by atoms with Crippen LogP contribution in [0.25, 0.3) is 28.1 Å². The van der Waals surface area contributed by atoms with Crippen LogP contribution in [0.1, 0.15) is 18.1 Å². The van der Waals surface area contributed by atoms with Gasteiger partial charge in [0, 0.05) is 17.1 Å². The van der Waals surface area contributed by atoms with Gasteiger partial charge in [-0.05, 0) is 48.4 Å². The average molecular weight is 313 g/mol. The molecule has 4 heteroatoms. The van der Waals surface area contributed by atoms with Crippen LogP contribution in [0.15, 0.2) is 60.8 Å². The fourth-order valence-electron chi connectivity index (χ4n) is 2.59. The molecule has 116 valence electrons. The minimum atomic E-state index is -4.36. The van der Waals surface area contributed by atoms with E-state index in [1.165, 1.54) is 12.1 Å². The topological polar surface area (TPSA) is 12.9 Å². The third-order valence-corrected chi connectivity index (χ3v) is 3.59. The summed E-state index contributed by atoms with van der Waals surface area (Å²) in [6.07, 6.45) is 1.10. The summed E-state index contributed by atoms with van der Waals surface area (Å²) in [5, 5.41) is 0.899. The van der Waals surface area contributed by atoms with E-state index < -0.39 is 11.7 Å². The first-order chi connectivity index (χ1) is 11.0. The lowest BCUT2D eigenvalue weighted by molar-refractivity contribution is -0.137. The van der Waals surface area contributed by atoms with Crippen LogP contribution in [0, 0.1) is 0 Å². The van der Waals surface area contributed by atoms with Gasteiger partial charge in [0.1, 0.15) is 0 Å². The molecule has 0 aliphatic heterocycles. The van der Waals surface area contributed by atoms with Gasteiger partial charge in [0.15, 0.2) is 0 Å². The van der Waals surface area contributed by atoms with Gasteiger partial charge in [0.25, 0.3) is 0 Å². The van der Waals surface area contributed by atoms with Crippen molar-refractivity contribution in [3.63, 3.8) is 0 Å². The number of hydrogen-bond acceptors (Lipinski definition) is 1. The Morgan fingerprint density at radius 1 is 1.00 bits per heavy atom. The Hall–Kier alpha value is -2.62. The van der Waals surface area contributed by atoms with Gasteiger partial charge in [-0.1, -0.05) is 30.4 Å². The number of nitrogens with zero attached hydrogens (tertiary/aromatic N) is 1. The zero-order valence-corrected chi connectivity index (χ0v) is 12.4. The molecule has 0 atom stereocenters. The van der Waals surface area contributed by atoms with E-state index in [9.17, 15) is 13.2 Å². The maximum atomic E-state index is 13.0. The Morgan fingerprint density at radius 3 is 2.57 bits per heavy atom. The molecule has 0 unspecified atom stereocenters. The van der Waals surface area contributed by atoms with Crippen molar-refractivity contribution in [3.8, 4) is 11.1 Å². The fraction of sp³-hybridized carbons (Fsp3) is 0.105. The van der Waals surface area contributed by atoms with Crippen molar-refractivity contribution in [2.75, 3.05) is 0 Å². The molecule has 1 aromatic heterocycles. The van der Waals surface area contributed by atoms with Gasteiger partial charge in [-0.25, -0.2) is 0 Å². The number of fused-ring (bicyclic) bond motifs is 1. The Labute approximate surface area is 132 Å². The van der Waals surface area contributed by atoms with E-state index in [4.69, 9.17) is 0 Å². The molecule has 23 heavy (non-hydrogen) atoms. The predicted molar refractivity (Wildman–Crippen MR) is 86.9 cm³/mol. The van der Waals surface area contributed by atoms with Crippen LogP contribution in [0.5, 0.6) is 0 Å². The number of pyridine rings is 1. The lowest BCUT2D eigenvalue weighted by Crippen LogP contribution is -2.04. The van der Waals surface area contributed by atoms with Crippen LogP contribution in [-0.2, 0) is 6.18 Å². The second-order valence-electron chi connectivity index (χ2n) is 5.22. The first-order valence-electron chi connectivity index (χ1n) is 7.18. The summed E-state index contributed by atoms with van der Waals surface area (Å²) < 4.78 is 38.9. The summed E-state index contributed by atoms with van der Waals surface area (Å²) in [4.78, 5) is 4.35. The van der Waals surface area contributed by atoms with Gasteiger partial charge in [0.05, 0.1) is 11.1 Å². The van der Waals surface area contributed by atoms with Gasteiger partial charge >= 0.3 is 6.18 Å². The summed E-state index contributed by atoms with van der Waals surface area (Å²) in [5.74, 6) is 0. The fourth-order valence-corrected chi connectivity index (χ4v) is 2.59. The van der Waals surface area contributed by atoms with E-state index in [2.05, 4.69) is 4.98 Å². The van der Waals surface area contributed by atoms with E-state index >= 15 is 0 Å². The second kappa shape index (κ2) is 5.88. The minimum Gasteiger partial charge on any atom is -0.256 e. The molecule has 0 radical (unpaired) electrons. The smallest absolute Gasteiger partial charge is 0.256 e. The molecule has 0 aliphatic carbocycles. The van der Waals surface area contributed by atoms with Crippen molar-refractivity contribution in [3.05, 3.63) is 71.9 Å². The molecule has 0 spiro atoms. The molecule has 0 bridgehead atoms. The van der Waals surface area contributed by atoms with Gasteiger partial charge < -0.3 is 0 Å². The van der Waals surface area contributed by atoms with Crippen LogP contribution in [-0.4, -0.2) is 4.98 Å². The number of alkyl halides is 3. The van der Waals surface area contributed by atoms with Crippen molar-refractivity contribution in [2.45, 2.75) is 13.1 Å². The molecular weight excluding hydrogens is 299 g/mol. The van der Waals surface area contributed by atoms with Crippen LogP contribution in [0.4, 0.5) is 13.2 Å². The third-order valence-electron chi connectivity index (χ3n) is 3.59. The lowest BCUT2D eigenvalue weighted by Gasteiger charge is -2.11. The number of hydrogen-bond donors (Lipinski definition) is 0. The molecule has 3 rings (SSSR count). The molecule has 0 fully saturated rings. The highest BCUT2D eigenvalue weighted by Gasteiger charge is 2.30. The third kappa shape index (κ3) is 3.11. The first-order valence-corrected chi connectivity index (χ1v) is 7.18. The predicted octanol–water partition coefficient (Wildman–Crippen LogP) is 5.95. The standard InChI is InChI=1S/C19H14F3N/c1-2-5-13-10-15-7-4-9-23-18(15)17(11-13)14-6-3-8-16(12-14)19(20,21)22/h2-12H,1H3/b5-2+. The second-order valence-corrected chi connectivity index (χ2v) is 5.22. The highest BCUT2D eigenvalue weighted by atomic mass is 19.4. The molecule has 0 saturated heterocycles. The summed E-state index contributed by atoms with van der Waals surface area (Å²) in [6.45, 7) is 1.90. The van der Waals surface area contributed by atoms with E-state index in [0.29, 0.717) is 16.6 Å². The number of benzene rings is 2. The van der Waals surface area contributed by atoms with E-state index in [-0.39, 0.29) is 0 Å². The minimum absolute atomic E-state index is 0.509. The zero-order valence-electron chi connectivity index (χ0n) is 12.4. The number of halogens is 3.